The highest BCUT2D eigenvalue weighted by atomic mass is 32.1. The number of ether oxygens (including phenoxy) is 3. The van der Waals surface area contributed by atoms with Crippen molar-refractivity contribution >= 4 is 40.0 Å². The molecule has 5 aromatic rings. The second-order valence-electron chi connectivity index (χ2n) is 20.7. The number of fused-ring (bicyclic) bond motifs is 3. The number of likely N-dealkylation sites (tertiary alicyclic amines) is 1. The van der Waals surface area contributed by atoms with E-state index in [9.17, 15) is 19.5 Å². The standard InChI is InChI=1S/C54H69F3N6O7S/c1-32-24-40-39-14-9-10-15-43(39)60-47(40)48(63(32)30-54(7,8)57)46-41(55)26-38(27-42(46)56)70-23-13-22-68-20-11-12-21-69-29-45(65)61-50(53(4,5)6)52(67)62-28-37(64)25-44(62)51(66)59-33(2)35-16-18-36(19-17-35)49-34(3)58-31-71-49/h9-10,14-19,26-27,31-33,37,44,48,50,60,64H,11-13,20-25,28-30H2,1-8H3,(H,59,66)(H,61,65)/t32-,33+,37-,44+,48-,50?/m1/s1. The van der Waals surface area contributed by atoms with E-state index in [1.807, 2.05) is 100 Å². The second-order valence-corrected chi connectivity index (χ2v) is 21.5. The summed E-state index contributed by atoms with van der Waals surface area (Å²) in [7, 11) is 0. The Morgan fingerprint density at radius 3 is 2.28 bits per heavy atom. The number of carbonyl (C=O) groups excluding carboxylic acids is 3. The molecular weight excluding hydrogens is 934 g/mol. The predicted molar refractivity (Wildman–Crippen MR) is 269 cm³/mol. The first-order chi connectivity index (χ1) is 33.7. The molecule has 2 aliphatic heterocycles. The number of aliphatic hydroxyl groups excluding tert-OH is 1. The minimum absolute atomic E-state index is 0.0127. The molecule has 0 saturated carbocycles. The molecule has 3 aromatic carbocycles. The average Bonchev–Trinajstić information content (AvgIpc) is 4.03. The van der Waals surface area contributed by atoms with Gasteiger partial charge in [0.15, 0.2) is 0 Å². The smallest absolute Gasteiger partial charge is 0.246 e. The zero-order valence-electron chi connectivity index (χ0n) is 42.1. The molecular formula is C54H69F3N6O7S. The number of halogens is 3. The lowest BCUT2D eigenvalue weighted by Gasteiger charge is -2.43. The maximum atomic E-state index is 16.0. The summed E-state index contributed by atoms with van der Waals surface area (Å²) in [6.07, 6.45) is 1.51. The number of carbonyl (C=O) groups is 3. The van der Waals surface area contributed by atoms with Crippen LogP contribution in [0.25, 0.3) is 21.3 Å². The molecule has 2 aliphatic rings. The number of aromatic nitrogens is 2. The fourth-order valence-electron chi connectivity index (χ4n) is 9.65. The highest BCUT2D eigenvalue weighted by Gasteiger charge is 2.45. The van der Waals surface area contributed by atoms with Crippen LogP contribution in [0.4, 0.5) is 13.2 Å². The molecule has 0 radical (unpaired) electrons. The quantitative estimate of drug-likeness (QED) is 0.0527. The maximum absolute atomic E-state index is 16.0. The SMILES string of the molecule is Cc1ncsc1-c1ccc([C@H](C)NC(=O)[C@@H]2C[C@@H](O)CN2C(=O)C(NC(=O)COCCCCOCCCOc2cc(F)c([C@@H]3c4[nH]c5ccccc5c4C[C@@H](C)N3CC(C)(C)F)c(F)c2)C(C)(C)C)cc1. The lowest BCUT2D eigenvalue weighted by Crippen LogP contribution is -2.58. The van der Waals surface area contributed by atoms with Crippen molar-refractivity contribution in [2.75, 3.05) is 46.1 Å². The third-order valence-electron chi connectivity index (χ3n) is 13.2. The Kier molecular flexibility index (Phi) is 17.4. The first-order valence-corrected chi connectivity index (χ1v) is 25.5. The third-order valence-corrected chi connectivity index (χ3v) is 14.2. The maximum Gasteiger partial charge on any atom is 0.246 e. The summed E-state index contributed by atoms with van der Waals surface area (Å²) in [5.74, 6) is -2.81. The van der Waals surface area contributed by atoms with Crippen LogP contribution in [0.15, 0.2) is 66.2 Å². The van der Waals surface area contributed by atoms with E-state index < -0.39 is 58.8 Å². The zero-order chi connectivity index (χ0) is 51.2. The molecule has 0 bridgehead atoms. The Morgan fingerprint density at radius 1 is 0.944 bits per heavy atom. The molecule has 7 rings (SSSR count). The van der Waals surface area contributed by atoms with Crippen LogP contribution in [0.5, 0.6) is 5.75 Å². The number of benzene rings is 3. The Labute approximate surface area is 418 Å². The van der Waals surface area contributed by atoms with Crippen LogP contribution in [0.1, 0.15) is 114 Å². The lowest BCUT2D eigenvalue weighted by molar-refractivity contribution is -0.144. The molecule has 1 unspecified atom stereocenters. The molecule has 6 atom stereocenters. The summed E-state index contributed by atoms with van der Waals surface area (Å²) in [5, 5.41) is 17.4. The molecule has 384 valence electrons. The van der Waals surface area contributed by atoms with Gasteiger partial charge in [-0.3, -0.25) is 19.3 Å². The van der Waals surface area contributed by atoms with E-state index in [1.54, 1.807) is 11.3 Å². The van der Waals surface area contributed by atoms with E-state index in [2.05, 4.69) is 20.6 Å². The highest BCUT2D eigenvalue weighted by molar-refractivity contribution is 7.13. The van der Waals surface area contributed by atoms with Crippen molar-refractivity contribution in [3.63, 3.8) is 0 Å². The highest BCUT2D eigenvalue weighted by Crippen LogP contribution is 2.44. The number of aromatic amines is 1. The van der Waals surface area contributed by atoms with Gasteiger partial charge >= 0.3 is 0 Å². The van der Waals surface area contributed by atoms with Gasteiger partial charge in [-0.05, 0) is 82.1 Å². The fourth-order valence-corrected chi connectivity index (χ4v) is 10.5. The van der Waals surface area contributed by atoms with E-state index in [-0.39, 0.29) is 68.6 Å². The Morgan fingerprint density at radius 2 is 1.62 bits per heavy atom. The largest absolute Gasteiger partial charge is 0.493 e. The number of β-amino-alcohol motifs (C(OH)–C–C–N with tert-alkyl or cyclic N) is 1. The van der Waals surface area contributed by atoms with Crippen LogP contribution in [0.3, 0.4) is 0 Å². The summed E-state index contributed by atoms with van der Waals surface area (Å²) < 4.78 is 64.3. The van der Waals surface area contributed by atoms with E-state index in [4.69, 9.17) is 14.2 Å². The number of para-hydroxylation sites is 1. The van der Waals surface area contributed by atoms with Gasteiger partial charge in [-0.15, -0.1) is 11.3 Å². The topological polar surface area (TPSA) is 158 Å². The number of hydrogen-bond acceptors (Lipinski definition) is 10. The van der Waals surface area contributed by atoms with Gasteiger partial charge in [0.1, 0.15) is 41.7 Å². The molecule has 4 heterocycles. The van der Waals surface area contributed by atoms with Crippen LogP contribution in [-0.2, 0) is 30.3 Å². The molecule has 1 saturated heterocycles. The molecule has 1 fully saturated rings. The van der Waals surface area contributed by atoms with Crippen molar-refractivity contribution in [1.82, 2.24) is 30.4 Å². The van der Waals surface area contributed by atoms with Crippen LogP contribution in [0.2, 0.25) is 0 Å². The summed E-state index contributed by atoms with van der Waals surface area (Å²) in [6, 6.07) is 14.7. The second kappa shape index (κ2) is 23.0. The van der Waals surface area contributed by atoms with Gasteiger partial charge in [0.25, 0.3) is 0 Å². The molecule has 3 amide bonds. The van der Waals surface area contributed by atoms with Crippen LogP contribution < -0.4 is 15.4 Å². The van der Waals surface area contributed by atoms with Crippen molar-refractivity contribution in [2.45, 2.75) is 129 Å². The van der Waals surface area contributed by atoms with E-state index in [1.165, 1.54) is 30.9 Å². The fraction of sp³-hybridized carbons (Fsp3) is 0.519. The number of nitrogens with zero attached hydrogens (tertiary/aromatic N) is 3. The van der Waals surface area contributed by atoms with Gasteiger partial charge in [0.2, 0.25) is 17.7 Å². The van der Waals surface area contributed by atoms with Crippen molar-refractivity contribution in [3.05, 3.63) is 106 Å². The molecule has 4 N–H and O–H groups in total. The number of thiazole rings is 1. The zero-order valence-corrected chi connectivity index (χ0v) is 42.9. The van der Waals surface area contributed by atoms with Crippen LogP contribution >= 0.6 is 11.3 Å². The molecule has 71 heavy (non-hydrogen) atoms. The Balaban J connectivity index is 0.815. The van der Waals surface area contributed by atoms with Crippen LogP contribution in [0, 0.1) is 24.0 Å². The monoisotopic (exact) mass is 1000 g/mol. The first kappa shape index (κ1) is 53.5. The Bertz CT molecular complexity index is 2600. The van der Waals surface area contributed by atoms with Crippen molar-refractivity contribution in [2.24, 2.45) is 5.41 Å². The number of alkyl halides is 1. The van der Waals surface area contributed by atoms with Gasteiger partial charge in [-0.2, -0.15) is 0 Å². The third kappa shape index (κ3) is 13.2. The number of unbranched alkanes of at least 4 members (excludes halogenated alkanes) is 1. The average molecular weight is 1000 g/mol. The molecule has 0 aliphatic carbocycles. The number of hydrogen-bond donors (Lipinski definition) is 4. The minimum Gasteiger partial charge on any atom is -0.493 e. The number of H-pyrrole nitrogens is 1. The minimum atomic E-state index is -1.60. The summed E-state index contributed by atoms with van der Waals surface area (Å²) >= 11 is 1.56. The number of aryl methyl sites for hydroxylation is 1. The summed E-state index contributed by atoms with van der Waals surface area (Å²) in [4.78, 5) is 52.8. The summed E-state index contributed by atoms with van der Waals surface area (Å²) in [6.45, 7) is 15.1. The Hall–Kier alpha value is -5.33. The van der Waals surface area contributed by atoms with Gasteiger partial charge in [-0.25, -0.2) is 18.2 Å². The number of amides is 3. The van der Waals surface area contributed by atoms with Gasteiger partial charge in [0.05, 0.1) is 40.9 Å². The van der Waals surface area contributed by atoms with Crippen molar-refractivity contribution < 1.29 is 46.9 Å². The normalized spacial score (nSPS) is 19.4. The molecule has 17 heteroatoms. The first-order valence-electron chi connectivity index (χ1n) is 24.6. The van der Waals surface area contributed by atoms with E-state index in [0.29, 0.717) is 44.6 Å². The predicted octanol–water partition coefficient (Wildman–Crippen LogP) is 8.91. The van der Waals surface area contributed by atoms with Gasteiger partial charge in [0, 0.05) is 86.1 Å². The van der Waals surface area contributed by atoms with Gasteiger partial charge in [-0.1, -0.05) is 63.2 Å². The summed E-state index contributed by atoms with van der Waals surface area (Å²) in [5.41, 5.74) is 4.72. The number of aliphatic hydroxyl groups is 1. The molecule has 13 nitrogen and oxygen atoms in total. The number of rotatable bonds is 21. The molecule has 2 aromatic heterocycles. The van der Waals surface area contributed by atoms with Crippen molar-refractivity contribution in [1.29, 1.82) is 0 Å². The van der Waals surface area contributed by atoms with Crippen molar-refractivity contribution in [3.8, 4) is 16.2 Å². The van der Waals surface area contributed by atoms with Gasteiger partial charge < -0.3 is 39.8 Å². The van der Waals surface area contributed by atoms with Crippen LogP contribution in [-0.4, -0.2) is 119 Å². The lowest BCUT2D eigenvalue weighted by atomic mass is 9.85. The van der Waals surface area contributed by atoms with E-state index >= 15 is 13.2 Å². The molecule has 0 spiro atoms. The van der Waals surface area contributed by atoms with E-state index in [0.717, 1.165) is 38.2 Å². The number of nitrogens with one attached hydrogen (secondary N) is 3.